The van der Waals surface area contributed by atoms with E-state index in [9.17, 15) is 18.0 Å². The third-order valence-electron chi connectivity index (χ3n) is 5.04. The van der Waals surface area contributed by atoms with Crippen molar-refractivity contribution in [2.24, 2.45) is 5.92 Å². The monoisotopic (exact) mass is 409 g/mol. The summed E-state index contributed by atoms with van der Waals surface area (Å²) in [4.78, 5) is 24.2. The van der Waals surface area contributed by atoms with Crippen LogP contribution in [-0.2, 0) is 14.8 Å². The van der Waals surface area contributed by atoms with Crippen molar-refractivity contribution in [3.8, 4) is 0 Å². The van der Waals surface area contributed by atoms with E-state index in [1.165, 1.54) is 10.4 Å². The first-order chi connectivity index (χ1) is 13.1. The van der Waals surface area contributed by atoms with Gasteiger partial charge in [-0.15, -0.1) is 0 Å². The zero-order valence-electron chi connectivity index (χ0n) is 17.1. The fraction of sp³-hybridized carbons (Fsp3) is 0.600. The van der Waals surface area contributed by atoms with Crippen LogP contribution in [0.15, 0.2) is 23.1 Å². The van der Waals surface area contributed by atoms with Crippen molar-refractivity contribution in [3.05, 3.63) is 29.3 Å². The number of aryl methyl sites for hydroxylation is 1. The maximum Gasteiger partial charge on any atom is 0.251 e. The molecule has 0 spiro atoms. The second-order valence-electron chi connectivity index (χ2n) is 7.64. The van der Waals surface area contributed by atoms with Gasteiger partial charge >= 0.3 is 0 Å². The minimum absolute atomic E-state index is 0.0399. The fourth-order valence-corrected chi connectivity index (χ4v) is 4.96. The van der Waals surface area contributed by atoms with Gasteiger partial charge < -0.3 is 10.6 Å². The second kappa shape index (κ2) is 9.52. The third-order valence-corrected chi connectivity index (χ3v) is 7.05. The molecule has 1 fully saturated rings. The number of hydrogen-bond donors (Lipinski definition) is 2. The van der Waals surface area contributed by atoms with E-state index in [4.69, 9.17) is 0 Å². The Labute approximate surface area is 167 Å². The van der Waals surface area contributed by atoms with Crippen LogP contribution in [-0.4, -0.2) is 50.2 Å². The van der Waals surface area contributed by atoms with Gasteiger partial charge in [0.1, 0.15) is 0 Å². The van der Waals surface area contributed by atoms with Gasteiger partial charge in [-0.3, -0.25) is 9.59 Å². The molecule has 0 saturated carbocycles. The lowest BCUT2D eigenvalue weighted by Crippen LogP contribution is -2.42. The molecular weight excluding hydrogens is 378 g/mol. The molecule has 0 unspecified atom stereocenters. The number of nitrogens with zero attached hydrogens (tertiary/aromatic N) is 1. The average Bonchev–Trinajstić information content (AvgIpc) is 2.65. The zero-order valence-corrected chi connectivity index (χ0v) is 17.9. The van der Waals surface area contributed by atoms with E-state index in [0.29, 0.717) is 24.2 Å². The fourth-order valence-electron chi connectivity index (χ4n) is 3.23. The predicted molar refractivity (Wildman–Crippen MR) is 109 cm³/mol. The minimum atomic E-state index is -3.63. The number of sulfonamides is 1. The predicted octanol–water partition coefficient (Wildman–Crippen LogP) is 2.06. The summed E-state index contributed by atoms with van der Waals surface area (Å²) in [7, 11) is -3.63. The number of carbonyl (C=O) groups is 2. The van der Waals surface area contributed by atoms with E-state index in [-0.39, 0.29) is 35.2 Å². The first-order valence-electron chi connectivity index (χ1n) is 9.83. The molecule has 28 heavy (non-hydrogen) atoms. The molecule has 1 saturated heterocycles. The molecule has 2 N–H and O–H groups in total. The normalized spacial score (nSPS) is 18.1. The van der Waals surface area contributed by atoms with Crippen molar-refractivity contribution >= 4 is 21.8 Å². The number of benzene rings is 1. The highest BCUT2D eigenvalue weighted by atomic mass is 32.2. The van der Waals surface area contributed by atoms with Crippen molar-refractivity contribution < 1.29 is 18.0 Å². The van der Waals surface area contributed by atoms with Gasteiger partial charge in [-0.25, -0.2) is 8.42 Å². The number of rotatable bonds is 7. The van der Waals surface area contributed by atoms with Crippen LogP contribution in [0.25, 0.3) is 0 Å². The van der Waals surface area contributed by atoms with Gasteiger partial charge in [-0.05, 0) is 44.4 Å². The summed E-state index contributed by atoms with van der Waals surface area (Å²) in [6.07, 6.45) is 2.73. The van der Waals surface area contributed by atoms with E-state index in [1.807, 2.05) is 6.92 Å². The average molecular weight is 410 g/mol. The second-order valence-corrected chi connectivity index (χ2v) is 9.53. The lowest BCUT2D eigenvalue weighted by Gasteiger charge is -2.32. The van der Waals surface area contributed by atoms with Gasteiger partial charge in [0.25, 0.3) is 5.91 Å². The van der Waals surface area contributed by atoms with E-state index in [0.717, 1.165) is 19.3 Å². The molecule has 0 bridgehead atoms. The SMILES string of the molecule is Cc1ccc(S(=O)(=O)N2CCCC[C@@H]2C)cc1C(=O)NCCNC(=O)C(C)C. The Balaban J connectivity index is 2.10. The van der Waals surface area contributed by atoms with Crippen molar-refractivity contribution in [2.75, 3.05) is 19.6 Å². The standard InChI is InChI=1S/C20H31N3O4S/c1-14(2)19(24)21-10-11-22-20(25)18-13-17(9-8-15(18)3)28(26,27)23-12-6-5-7-16(23)4/h8-9,13-14,16H,5-7,10-12H2,1-4H3,(H,21,24)(H,22,25)/t16-/m0/s1. The highest BCUT2D eigenvalue weighted by Gasteiger charge is 2.31. The first kappa shape index (κ1) is 22.4. The minimum Gasteiger partial charge on any atom is -0.354 e. The van der Waals surface area contributed by atoms with Crippen LogP contribution in [0, 0.1) is 12.8 Å². The number of nitrogens with one attached hydrogen (secondary N) is 2. The number of hydrogen-bond acceptors (Lipinski definition) is 4. The van der Waals surface area contributed by atoms with Crippen molar-refractivity contribution in [1.29, 1.82) is 0 Å². The molecule has 1 aromatic carbocycles. The topological polar surface area (TPSA) is 95.6 Å². The molecular formula is C20H31N3O4S. The maximum atomic E-state index is 13.0. The van der Waals surface area contributed by atoms with E-state index < -0.39 is 10.0 Å². The van der Waals surface area contributed by atoms with Gasteiger partial charge in [-0.2, -0.15) is 4.31 Å². The third kappa shape index (κ3) is 5.32. The van der Waals surface area contributed by atoms with Crippen LogP contribution in [0.2, 0.25) is 0 Å². The maximum absolute atomic E-state index is 13.0. The van der Waals surface area contributed by atoms with Gasteiger partial charge in [0.05, 0.1) is 4.90 Å². The molecule has 156 valence electrons. The molecule has 8 heteroatoms. The first-order valence-corrected chi connectivity index (χ1v) is 11.3. The molecule has 7 nitrogen and oxygen atoms in total. The molecule has 2 amide bonds. The molecule has 1 aliphatic heterocycles. The van der Waals surface area contributed by atoms with E-state index in [2.05, 4.69) is 10.6 Å². The lowest BCUT2D eigenvalue weighted by atomic mass is 10.1. The number of carbonyl (C=O) groups excluding carboxylic acids is 2. The Hall–Kier alpha value is -1.93. The molecule has 1 heterocycles. The molecule has 0 aliphatic carbocycles. The number of piperidine rings is 1. The van der Waals surface area contributed by atoms with Crippen LogP contribution in [0.1, 0.15) is 56.0 Å². The van der Waals surface area contributed by atoms with Gasteiger partial charge in [-0.1, -0.05) is 26.3 Å². The Bertz CT molecular complexity index is 821. The van der Waals surface area contributed by atoms with E-state index in [1.54, 1.807) is 32.9 Å². The lowest BCUT2D eigenvalue weighted by molar-refractivity contribution is -0.123. The van der Waals surface area contributed by atoms with Gasteiger partial charge in [0.2, 0.25) is 15.9 Å². The largest absolute Gasteiger partial charge is 0.354 e. The molecule has 2 rings (SSSR count). The molecule has 1 aromatic rings. The summed E-state index contributed by atoms with van der Waals surface area (Å²) < 4.78 is 27.6. The van der Waals surface area contributed by atoms with Crippen LogP contribution in [0.5, 0.6) is 0 Å². The van der Waals surface area contributed by atoms with Crippen molar-refractivity contribution in [2.45, 2.75) is 57.9 Å². The van der Waals surface area contributed by atoms with Crippen molar-refractivity contribution in [1.82, 2.24) is 14.9 Å². The van der Waals surface area contributed by atoms with Crippen LogP contribution >= 0.6 is 0 Å². The van der Waals surface area contributed by atoms with Gasteiger partial charge in [0, 0.05) is 37.2 Å². The summed E-state index contributed by atoms with van der Waals surface area (Å²) in [5, 5.41) is 5.47. The summed E-state index contributed by atoms with van der Waals surface area (Å²) in [6.45, 7) is 8.40. The summed E-state index contributed by atoms with van der Waals surface area (Å²) in [5.74, 6) is -0.536. The highest BCUT2D eigenvalue weighted by Crippen LogP contribution is 2.26. The quantitative estimate of drug-likeness (QED) is 0.674. The molecule has 0 aromatic heterocycles. The summed E-state index contributed by atoms with van der Waals surface area (Å²) >= 11 is 0. The van der Waals surface area contributed by atoms with Crippen LogP contribution in [0.3, 0.4) is 0 Å². The molecule has 1 atom stereocenters. The molecule has 1 aliphatic rings. The van der Waals surface area contributed by atoms with Crippen LogP contribution < -0.4 is 10.6 Å². The summed E-state index contributed by atoms with van der Waals surface area (Å²) in [5.41, 5.74) is 1.04. The number of amides is 2. The van der Waals surface area contributed by atoms with Crippen LogP contribution in [0.4, 0.5) is 0 Å². The van der Waals surface area contributed by atoms with E-state index >= 15 is 0 Å². The Morgan fingerprint density at radius 2 is 1.86 bits per heavy atom. The van der Waals surface area contributed by atoms with Gasteiger partial charge in [0.15, 0.2) is 0 Å². The highest BCUT2D eigenvalue weighted by molar-refractivity contribution is 7.89. The smallest absolute Gasteiger partial charge is 0.251 e. The molecule has 0 radical (unpaired) electrons. The Morgan fingerprint density at radius 3 is 2.50 bits per heavy atom. The zero-order chi connectivity index (χ0) is 20.9. The Kier molecular flexibility index (Phi) is 7.60. The summed E-state index contributed by atoms with van der Waals surface area (Å²) in [6, 6.07) is 4.64. The van der Waals surface area contributed by atoms with Crippen molar-refractivity contribution in [3.63, 3.8) is 0 Å². The Morgan fingerprint density at radius 1 is 1.18 bits per heavy atom.